The Balaban J connectivity index is 2.21. The molecule has 0 aliphatic rings. The van der Waals surface area contributed by atoms with E-state index in [0.29, 0.717) is 16.4 Å². The zero-order chi connectivity index (χ0) is 19.8. The van der Waals surface area contributed by atoms with E-state index in [1.807, 2.05) is 0 Å². The van der Waals surface area contributed by atoms with Crippen LogP contribution in [0.15, 0.2) is 41.6 Å². The Kier molecular flexibility index (Phi) is 5.38. The summed E-state index contributed by atoms with van der Waals surface area (Å²) in [5.41, 5.74) is -1.01. The minimum Gasteiger partial charge on any atom is -0.325 e. The zero-order valence-corrected chi connectivity index (χ0v) is 14.0. The van der Waals surface area contributed by atoms with Crippen molar-refractivity contribution >= 4 is 10.0 Å². The molecule has 1 aromatic carbocycles. The van der Waals surface area contributed by atoms with Gasteiger partial charge in [-0.05, 0) is 24.3 Å². The maximum absolute atomic E-state index is 12.5. The fraction of sp³-hybridized carbons (Fsp3) is 0.357. The third kappa shape index (κ3) is 4.75. The normalized spacial score (nSPS) is 13.4. The minimum atomic E-state index is -4.61. The van der Waals surface area contributed by atoms with Crippen LogP contribution < -0.4 is 0 Å². The lowest BCUT2D eigenvalue weighted by Crippen LogP contribution is -2.29. The summed E-state index contributed by atoms with van der Waals surface area (Å²) in [6, 6.07) is 2.81. The van der Waals surface area contributed by atoms with Crippen molar-refractivity contribution in [2.45, 2.75) is 30.3 Å². The van der Waals surface area contributed by atoms with Gasteiger partial charge in [-0.15, -0.1) is 0 Å². The van der Waals surface area contributed by atoms with Crippen LogP contribution in [0.5, 0.6) is 0 Å². The molecule has 0 radical (unpaired) electrons. The van der Waals surface area contributed by atoms with Crippen LogP contribution in [0.3, 0.4) is 0 Å². The lowest BCUT2D eigenvalue weighted by molar-refractivity contribution is -0.141. The van der Waals surface area contributed by atoms with Crippen LogP contribution in [0, 0.1) is 0 Å². The SMILES string of the molecule is CN(Cc1nccn1CC(F)(F)F)S(=O)(=O)c1ccc(C(F)(F)F)cc1. The summed E-state index contributed by atoms with van der Waals surface area (Å²) in [6.45, 7) is -1.82. The van der Waals surface area contributed by atoms with Gasteiger partial charge in [0.1, 0.15) is 12.4 Å². The summed E-state index contributed by atoms with van der Waals surface area (Å²) in [4.78, 5) is 3.29. The van der Waals surface area contributed by atoms with E-state index in [-0.39, 0.29) is 5.82 Å². The van der Waals surface area contributed by atoms with E-state index in [1.54, 1.807) is 0 Å². The van der Waals surface area contributed by atoms with Crippen LogP contribution in [0.4, 0.5) is 26.3 Å². The van der Waals surface area contributed by atoms with Crippen molar-refractivity contribution in [3.63, 3.8) is 0 Å². The predicted octanol–water partition coefficient (Wildman–Crippen LogP) is 3.28. The number of hydrogen-bond acceptors (Lipinski definition) is 3. The van der Waals surface area contributed by atoms with Gasteiger partial charge in [0, 0.05) is 19.4 Å². The van der Waals surface area contributed by atoms with E-state index in [4.69, 9.17) is 0 Å². The molecule has 0 unspecified atom stereocenters. The maximum atomic E-state index is 12.5. The van der Waals surface area contributed by atoms with Crippen molar-refractivity contribution in [2.75, 3.05) is 7.05 Å². The highest BCUT2D eigenvalue weighted by molar-refractivity contribution is 7.89. The first kappa shape index (κ1) is 20.2. The molecule has 0 fully saturated rings. The third-order valence-corrected chi connectivity index (χ3v) is 5.22. The molecule has 0 spiro atoms. The Hall–Kier alpha value is -2.08. The summed E-state index contributed by atoms with van der Waals surface area (Å²) >= 11 is 0. The number of benzene rings is 1. The largest absolute Gasteiger partial charge is 0.416 e. The van der Waals surface area contributed by atoms with Crippen LogP contribution in [-0.2, 0) is 29.3 Å². The molecule has 1 aromatic heterocycles. The van der Waals surface area contributed by atoms with E-state index in [1.165, 1.54) is 0 Å². The number of alkyl halides is 6. The second-order valence-electron chi connectivity index (χ2n) is 5.37. The average molecular weight is 401 g/mol. The van der Waals surface area contributed by atoms with Gasteiger partial charge in [0.05, 0.1) is 17.0 Å². The first-order valence-corrected chi connectivity index (χ1v) is 8.45. The fourth-order valence-electron chi connectivity index (χ4n) is 2.11. The Morgan fingerprint density at radius 2 is 1.65 bits per heavy atom. The number of aromatic nitrogens is 2. The molecule has 1 heterocycles. The van der Waals surface area contributed by atoms with Crippen molar-refractivity contribution in [1.82, 2.24) is 13.9 Å². The Morgan fingerprint density at radius 3 is 2.15 bits per heavy atom. The number of sulfonamides is 1. The van der Waals surface area contributed by atoms with Crippen LogP contribution in [0.2, 0.25) is 0 Å². The van der Waals surface area contributed by atoms with Gasteiger partial charge < -0.3 is 4.57 Å². The molecule has 0 saturated carbocycles. The van der Waals surface area contributed by atoms with Crippen LogP contribution in [0.1, 0.15) is 11.4 Å². The number of hydrogen-bond donors (Lipinski definition) is 0. The van der Waals surface area contributed by atoms with Gasteiger partial charge in [-0.3, -0.25) is 0 Å². The Bertz CT molecular complexity index is 856. The van der Waals surface area contributed by atoms with Crippen LogP contribution in [0.25, 0.3) is 0 Å². The monoisotopic (exact) mass is 401 g/mol. The van der Waals surface area contributed by atoms with Gasteiger partial charge in [0.25, 0.3) is 0 Å². The molecule has 2 rings (SSSR count). The molecule has 26 heavy (non-hydrogen) atoms. The Labute approximate surface area is 144 Å². The molecule has 0 atom stereocenters. The summed E-state index contributed by atoms with van der Waals surface area (Å²) in [7, 11) is -3.11. The molecule has 2 aromatic rings. The first-order valence-electron chi connectivity index (χ1n) is 7.01. The smallest absolute Gasteiger partial charge is 0.325 e. The molecule has 5 nitrogen and oxygen atoms in total. The first-order chi connectivity index (χ1) is 11.8. The molecule has 0 amide bonds. The van der Waals surface area contributed by atoms with Gasteiger partial charge in [-0.2, -0.15) is 30.6 Å². The molecular weight excluding hydrogens is 388 g/mol. The van der Waals surface area contributed by atoms with Crippen molar-refractivity contribution in [3.05, 3.63) is 48.0 Å². The number of imidazole rings is 1. The van der Waals surface area contributed by atoms with E-state index < -0.39 is 45.9 Å². The van der Waals surface area contributed by atoms with Crippen molar-refractivity contribution < 1.29 is 34.8 Å². The molecule has 0 aliphatic carbocycles. The zero-order valence-electron chi connectivity index (χ0n) is 13.2. The van der Waals surface area contributed by atoms with Gasteiger partial charge in [0.15, 0.2) is 0 Å². The molecular formula is C14H13F6N3O2S. The molecule has 144 valence electrons. The van der Waals surface area contributed by atoms with Gasteiger partial charge >= 0.3 is 12.4 Å². The number of rotatable bonds is 5. The fourth-order valence-corrected chi connectivity index (χ4v) is 3.23. The van der Waals surface area contributed by atoms with Gasteiger partial charge in [-0.25, -0.2) is 13.4 Å². The highest BCUT2D eigenvalue weighted by Crippen LogP contribution is 2.30. The standard InChI is InChI=1S/C14H13F6N3O2S/c1-22(8-12-21-6-7-23(12)9-13(15,16)17)26(24,25)11-4-2-10(3-5-11)14(18,19)20/h2-7H,8-9H2,1H3. The van der Waals surface area contributed by atoms with E-state index in [2.05, 4.69) is 4.98 Å². The summed E-state index contributed by atoms with van der Waals surface area (Å²) < 4.78 is 101. The van der Waals surface area contributed by atoms with E-state index in [0.717, 1.165) is 36.1 Å². The molecule has 0 N–H and O–H groups in total. The quantitative estimate of drug-likeness (QED) is 0.723. The maximum Gasteiger partial charge on any atom is 0.416 e. The average Bonchev–Trinajstić information content (AvgIpc) is 2.91. The number of halogens is 6. The summed E-state index contributed by atoms with van der Waals surface area (Å²) in [5.74, 6) is -0.152. The lowest BCUT2D eigenvalue weighted by atomic mass is 10.2. The highest BCUT2D eigenvalue weighted by atomic mass is 32.2. The molecule has 0 bridgehead atoms. The minimum absolute atomic E-state index is 0.152. The second kappa shape index (κ2) is 6.91. The lowest BCUT2D eigenvalue weighted by Gasteiger charge is -2.18. The van der Waals surface area contributed by atoms with E-state index in [9.17, 15) is 34.8 Å². The van der Waals surface area contributed by atoms with Crippen molar-refractivity contribution in [3.8, 4) is 0 Å². The van der Waals surface area contributed by atoms with Crippen molar-refractivity contribution in [2.24, 2.45) is 0 Å². The summed E-state index contributed by atoms with van der Waals surface area (Å²) in [6.07, 6.45) is -6.97. The highest BCUT2D eigenvalue weighted by Gasteiger charge is 2.32. The Morgan fingerprint density at radius 1 is 1.08 bits per heavy atom. The van der Waals surface area contributed by atoms with Crippen LogP contribution >= 0.6 is 0 Å². The van der Waals surface area contributed by atoms with Gasteiger partial charge in [-0.1, -0.05) is 0 Å². The van der Waals surface area contributed by atoms with Crippen molar-refractivity contribution in [1.29, 1.82) is 0 Å². The van der Waals surface area contributed by atoms with Gasteiger partial charge in [0.2, 0.25) is 10.0 Å². The molecule has 0 saturated heterocycles. The van der Waals surface area contributed by atoms with E-state index >= 15 is 0 Å². The number of nitrogens with zero attached hydrogens (tertiary/aromatic N) is 3. The summed E-state index contributed by atoms with van der Waals surface area (Å²) in [5, 5.41) is 0. The second-order valence-corrected chi connectivity index (χ2v) is 7.41. The predicted molar refractivity (Wildman–Crippen MR) is 78.4 cm³/mol. The van der Waals surface area contributed by atoms with Crippen LogP contribution in [-0.4, -0.2) is 35.5 Å². The topological polar surface area (TPSA) is 55.2 Å². The third-order valence-electron chi connectivity index (χ3n) is 3.41. The molecule has 0 aliphatic heterocycles. The molecule has 12 heteroatoms.